The van der Waals surface area contributed by atoms with Gasteiger partial charge in [-0.1, -0.05) is 169 Å². The van der Waals surface area contributed by atoms with Gasteiger partial charge in [0, 0.05) is 44.6 Å². The van der Waals surface area contributed by atoms with Crippen LogP contribution in [0.2, 0.25) is 0 Å². The van der Waals surface area contributed by atoms with E-state index in [1.54, 1.807) is 0 Å². The van der Waals surface area contributed by atoms with E-state index in [4.69, 9.17) is 28.4 Å². The quantitative estimate of drug-likeness (QED) is 0.0322. The largest absolute Gasteiger partial charge is 0.466 e. The van der Waals surface area contributed by atoms with E-state index >= 15 is 0 Å². The molecule has 71 heavy (non-hydrogen) atoms. The van der Waals surface area contributed by atoms with E-state index in [-0.39, 0.29) is 95.7 Å². The molecule has 0 fully saturated rings. The maximum atomic E-state index is 13.6. The van der Waals surface area contributed by atoms with Crippen molar-refractivity contribution in [3.63, 3.8) is 0 Å². The first kappa shape index (κ1) is 67.8. The Morgan fingerprint density at radius 3 is 1.03 bits per heavy atom. The third-order valence-electron chi connectivity index (χ3n) is 13.3. The van der Waals surface area contributed by atoms with Crippen LogP contribution < -0.4 is 0 Å². The van der Waals surface area contributed by atoms with E-state index < -0.39 is 29.3 Å². The minimum atomic E-state index is -1.42. The molecule has 0 heterocycles. The van der Waals surface area contributed by atoms with Gasteiger partial charge in [0.25, 0.3) is 0 Å². The third kappa shape index (κ3) is 41.9. The van der Waals surface area contributed by atoms with Crippen LogP contribution in [0, 0.1) is 11.3 Å². The first-order valence-corrected chi connectivity index (χ1v) is 29.0. The van der Waals surface area contributed by atoms with E-state index in [0.717, 1.165) is 96.4 Å². The second-order valence-electron chi connectivity index (χ2n) is 20.5. The van der Waals surface area contributed by atoms with Crippen LogP contribution in [-0.4, -0.2) is 99.5 Å². The molecule has 1 unspecified atom stereocenters. The Morgan fingerprint density at radius 1 is 0.366 bits per heavy atom. The number of esters is 6. The zero-order valence-corrected chi connectivity index (χ0v) is 46.7. The van der Waals surface area contributed by atoms with Gasteiger partial charge in [0.1, 0.15) is 31.8 Å². The summed E-state index contributed by atoms with van der Waals surface area (Å²) in [6, 6.07) is 0.321. The predicted molar refractivity (Wildman–Crippen MR) is 284 cm³/mol. The Balaban J connectivity index is 5.84. The van der Waals surface area contributed by atoms with Gasteiger partial charge in [0.2, 0.25) is 0 Å². The molecule has 0 aromatic rings. The lowest BCUT2D eigenvalue weighted by Crippen LogP contribution is -2.44. The number of hydrogen-bond donors (Lipinski definition) is 0. The van der Waals surface area contributed by atoms with Crippen molar-refractivity contribution >= 4 is 35.8 Å². The van der Waals surface area contributed by atoms with Crippen LogP contribution in [0.15, 0.2) is 0 Å². The van der Waals surface area contributed by atoms with Crippen LogP contribution >= 0.6 is 0 Å². The maximum Gasteiger partial charge on any atom is 0.306 e. The molecule has 416 valence electrons. The Kier molecular flexibility index (Phi) is 45.6. The van der Waals surface area contributed by atoms with Crippen molar-refractivity contribution in [2.75, 3.05) is 52.7 Å². The first-order chi connectivity index (χ1) is 34.3. The summed E-state index contributed by atoms with van der Waals surface area (Å²) in [5, 5.41) is 0. The average molecular weight is 1010 g/mol. The monoisotopic (exact) mass is 1010 g/mol. The molecule has 0 bridgehead atoms. The molecular formula is C58H107NO12. The number of carbonyl (C=O) groups excluding carboxylic acids is 6. The van der Waals surface area contributed by atoms with Gasteiger partial charge in [0.05, 0.1) is 13.2 Å². The average Bonchev–Trinajstić information content (AvgIpc) is 3.34. The van der Waals surface area contributed by atoms with E-state index in [9.17, 15) is 28.8 Å². The van der Waals surface area contributed by atoms with Gasteiger partial charge in [-0.15, -0.1) is 0 Å². The highest BCUT2D eigenvalue weighted by atomic mass is 16.6. The number of nitrogens with zero attached hydrogens (tertiary/aromatic N) is 1. The van der Waals surface area contributed by atoms with E-state index in [1.165, 1.54) is 70.6 Å². The number of unbranched alkanes of at least 4 members (excludes halogenated alkanes) is 19. The lowest BCUT2D eigenvalue weighted by atomic mass is 9.91. The topological polar surface area (TPSA) is 161 Å². The standard InChI is InChI=1S/C58H107NO12/c1-8-13-17-19-21-23-25-27-31-44-67-53(61)38-33-40-55(63)69-47-58(48-70-56(64)41-34-42-59(12-5)50(6)7,49-71-57(65)45-51(35-28-15-10-3)36-29-16-11-4)46-68-54(62)39-32-37-52(60)66-43-30-26-24-22-20-18-14-9-2/h50-51H,8-49H2,1-7H3. The fourth-order valence-electron chi connectivity index (χ4n) is 8.54. The summed E-state index contributed by atoms with van der Waals surface area (Å²) in [4.78, 5) is 80.6. The number of hydrogen-bond acceptors (Lipinski definition) is 13. The summed E-state index contributed by atoms with van der Waals surface area (Å²) in [7, 11) is 0. The highest BCUT2D eigenvalue weighted by molar-refractivity contribution is 5.73. The van der Waals surface area contributed by atoms with Crippen molar-refractivity contribution < 1.29 is 57.2 Å². The summed E-state index contributed by atoms with van der Waals surface area (Å²) in [6.07, 6.45) is 29.1. The molecule has 0 aliphatic rings. The molecule has 0 amide bonds. The van der Waals surface area contributed by atoms with Crippen LogP contribution in [0.3, 0.4) is 0 Å². The van der Waals surface area contributed by atoms with Crippen LogP contribution in [0.25, 0.3) is 0 Å². The fraction of sp³-hybridized carbons (Fsp3) is 0.897. The van der Waals surface area contributed by atoms with Crippen LogP contribution in [0.5, 0.6) is 0 Å². The molecule has 13 nitrogen and oxygen atoms in total. The number of ether oxygens (including phenoxy) is 6. The van der Waals surface area contributed by atoms with Crippen LogP contribution in [-0.2, 0) is 57.2 Å². The van der Waals surface area contributed by atoms with E-state index in [0.29, 0.717) is 32.2 Å². The Labute approximate surface area is 433 Å². The second kappa shape index (κ2) is 47.8. The zero-order chi connectivity index (χ0) is 52.6. The van der Waals surface area contributed by atoms with Gasteiger partial charge >= 0.3 is 35.8 Å². The molecular weight excluding hydrogens is 903 g/mol. The summed E-state index contributed by atoms with van der Waals surface area (Å²) in [6.45, 7) is 15.9. The fourth-order valence-corrected chi connectivity index (χ4v) is 8.54. The van der Waals surface area contributed by atoms with Crippen molar-refractivity contribution in [3.05, 3.63) is 0 Å². The Hall–Kier alpha value is -3.22. The maximum absolute atomic E-state index is 13.6. The van der Waals surface area contributed by atoms with Crippen LogP contribution in [0.1, 0.15) is 267 Å². The van der Waals surface area contributed by atoms with Gasteiger partial charge < -0.3 is 33.3 Å². The highest BCUT2D eigenvalue weighted by Crippen LogP contribution is 2.26. The summed E-state index contributed by atoms with van der Waals surface area (Å²) < 4.78 is 34.2. The molecule has 0 aliphatic carbocycles. The molecule has 0 aromatic carbocycles. The molecule has 0 rings (SSSR count). The summed E-state index contributed by atoms with van der Waals surface area (Å²) in [5.74, 6) is -2.68. The van der Waals surface area contributed by atoms with Gasteiger partial charge in [-0.2, -0.15) is 0 Å². The zero-order valence-electron chi connectivity index (χ0n) is 46.7. The second-order valence-corrected chi connectivity index (χ2v) is 20.5. The van der Waals surface area contributed by atoms with Gasteiger partial charge in [-0.3, -0.25) is 28.8 Å². The van der Waals surface area contributed by atoms with E-state index in [2.05, 4.69) is 53.4 Å². The van der Waals surface area contributed by atoms with Crippen molar-refractivity contribution in [3.8, 4) is 0 Å². The smallest absolute Gasteiger partial charge is 0.306 e. The molecule has 1 atom stereocenters. The minimum Gasteiger partial charge on any atom is -0.466 e. The first-order valence-electron chi connectivity index (χ1n) is 29.0. The lowest BCUT2D eigenvalue weighted by Gasteiger charge is -2.32. The highest BCUT2D eigenvalue weighted by Gasteiger charge is 2.38. The molecule has 0 N–H and O–H groups in total. The molecule has 0 radical (unpaired) electrons. The summed E-state index contributed by atoms with van der Waals surface area (Å²) in [5.41, 5.74) is -1.42. The van der Waals surface area contributed by atoms with Gasteiger partial charge in [-0.25, -0.2) is 0 Å². The Morgan fingerprint density at radius 2 is 0.676 bits per heavy atom. The van der Waals surface area contributed by atoms with Crippen molar-refractivity contribution in [1.82, 2.24) is 4.90 Å². The molecule has 0 spiro atoms. The number of rotatable bonds is 51. The van der Waals surface area contributed by atoms with Crippen molar-refractivity contribution in [2.45, 2.75) is 273 Å². The predicted octanol–water partition coefficient (Wildman–Crippen LogP) is 13.9. The molecule has 0 saturated heterocycles. The Bertz CT molecular complexity index is 1330. The SMILES string of the molecule is CCCCCCCCCCCOC(=O)CCCC(=O)OCC(COC(=O)CCCC(=O)OCCCCCCCCCC)(COC(=O)CCCN(CC)C(C)C)COC(=O)CC(CCCCC)CCCCC. The molecule has 0 aromatic heterocycles. The normalized spacial score (nSPS) is 12.3. The molecule has 13 heteroatoms. The van der Waals surface area contributed by atoms with Crippen LogP contribution in [0.4, 0.5) is 0 Å². The number of carbonyl (C=O) groups is 6. The van der Waals surface area contributed by atoms with Crippen molar-refractivity contribution in [1.29, 1.82) is 0 Å². The van der Waals surface area contributed by atoms with Gasteiger partial charge in [0.15, 0.2) is 0 Å². The third-order valence-corrected chi connectivity index (χ3v) is 13.3. The van der Waals surface area contributed by atoms with Crippen molar-refractivity contribution in [2.24, 2.45) is 11.3 Å². The molecule has 0 aliphatic heterocycles. The molecule has 0 saturated carbocycles. The summed E-state index contributed by atoms with van der Waals surface area (Å²) >= 11 is 0. The lowest BCUT2D eigenvalue weighted by molar-refractivity contribution is -0.171. The van der Waals surface area contributed by atoms with E-state index in [1.807, 2.05) is 0 Å². The minimum absolute atomic E-state index is 0.0564. The van der Waals surface area contributed by atoms with Gasteiger partial charge in [-0.05, 0) is 77.8 Å².